The lowest BCUT2D eigenvalue weighted by molar-refractivity contribution is 0.361. The first-order valence-corrected chi connectivity index (χ1v) is 4.89. The first-order valence-electron chi connectivity index (χ1n) is 4.10. The molecule has 0 bridgehead atoms. The van der Waals surface area contributed by atoms with Gasteiger partial charge in [0.2, 0.25) is 0 Å². The van der Waals surface area contributed by atoms with Crippen LogP contribution in [0.1, 0.15) is 18.0 Å². The van der Waals surface area contributed by atoms with Crippen molar-refractivity contribution in [2.45, 2.75) is 12.5 Å². The maximum absolute atomic E-state index is 13.0. The first-order chi connectivity index (χ1) is 6.18. The molecule has 2 N–H and O–H groups in total. The zero-order valence-corrected chi connectivity index (χ0v) is 8.44. The number of nitrogens with one attached hydrogen (secondary N) is 1. The number of benzene rings is 1. The molecule has 1 fully saturated rings. The Morgan fingerprint density at radius 3 is 2.77 bits per heavy atom. The van der Waals surface area contributed by atoms with Crippen molar-refractivity contribution < 1.29 is 9.50 Å². The molecule has 0 amide bonds. The quantitative estimate of drug-likeness (QED) is 0.797. The van der Waals surface area contributed by atoms with Crippen LogP contribution >= 0.6 is 15.9 Å². The molecule has 1 heterocycles. The number of halogens is 2. The van der Waals surface area contributed by atoms with E-state index in [-0.39, 0.29) is 17.6 Å². The minimum absolute atomic E-state index is 0.104. The van der Waals surface area contributed by atoms with Gasteiger partial charge in [-0.3, -0.25) is 0 Å². The topological polar surface area (TPSA) is 32.3 Å². The van der Waals surface area contributed by atoms with Crippen molar-refractivity contribution in [2.75, 3.05) is 6.54 Å². The highest BCUT2D eigenvalue weighted by Gasteiger charge is 2.23. The Hall–Kier alpha value is -0.610. The fraction of sp³-hybridized carbons (Fsp3) is 0.333. The number of phenolic OH excluding ortho intramolecular Hbond substituents is 1. The molecule has 1 atom stereocenters. The van der Waals surface area contributed by atoms with Crippen molar-refractivity contribution in [3.63, 3.8) is 0 Å². The van der Waals surface area contributed by atoms with Crippen LogP contribution in [-0.4, -0.2) is 11.7 Å². The smallest absolute Gasteiger partial charge is 0.134 e. The molecule has 2 rings (SSSR count). The third-order valence-corrected chi connectivity index (χ3v) is 2.86. The molecule has 1 saturated heterocycles. The van der Waals surface area contributed by atoms with Gasteiger partial charge < -0.3 is 10.4 Å². The fourth-order valence-electron chi connectivity index (χ4n) is 1.41. The summed E-state index contributed by atoms with van der Waals surface area (Å²) in [5.74, 6) is -0.188. The maximum Gasteiger partial charge on any atom is 0.134 e. The number of aromatic hydroxyl groups is 1. The highest BCUT2D eigenvalue weighted by Crippen LogP contribution is 2.36. The molecule has 0 radical (unpaired) electrons. The molecule has 0 spiro atoms. The van der Waals surface area contributed by atoms with Crippen molar-refractivity contribution >= 4 is 15.9 Å². The predicted molar refractivity (Wildman–Crippen MR) is 51.1 cm³/mol. The lowest BCUT2D eigenvalue weighted by atomic mass is 9.97. The molecule has 0 aliphatic carbocycles. The highest BCUT2D eigenvalue weighted by molar-refractivity contribution is 9.10. The number of hydrogen-bond donors (Lipinski definition) is 2. The largest absolute Gasteiger partial charge is 0.506 e. The van der Waals surface area contributed by atoms with Gasteiger partial charge in [-0.15, -0.1) is 0 Å². The van der Waals surface area contributed by atoms with Gasteiger partial charge in [0.05, 0.1) is 4.47 Å². The summed E-state index contributed by atoms with van der Waals surface area (Å²) in [4.78, 5) is 0. The van der Waals surface area contributed by atoms with Gasteiger partial charge in [0.1, 0.15) is 11.6 Å². The van der Waals surface area contributed by atoms with E-state index in [1.54, 1.807) is 0 Å². The van der Waals surface area contributed by atoms with E-state index < -0.39 is 0 Å². The number of phenols is 1. The average molecular weight is 246 g/mol. The summed E-state index contributed by atoms with van der Waals surface area (Å²) in [5.41, 5.74) is 0.637. The Kier molecular flexibility index (Phi) is 2.26. The van der Waals surface area contributed by atoms with Crippen LogP contribution in [-0.2, 0) is 0 Å². The first kappa shape index (κ1) is 8.97. The van der Waals surface area contributed by atoms with E-state index in [0.29, 0.717) is 10.0 Å². The normalized spacial score (nSPS) is 21.2. The van der Waals surface area contributed by atoms with Gasteiger partial charge in [-0.2, -0.15) is 0 Å². The fourth-order valence-corrected chi connectivity index (χ4v) is 1.85. The Morgan fingerprint density at radius 2 is 2.23 bits per heavy atom. The third-order valence-electron chi connectivity index (χ3n) is 2.26. The van der Waals surface area contributed by atoms with E-state index in [1.165, 1.54) is 12.1 Å². The van der Waals surface area contributed by atoms with Crippen LogP contribution in [0.2, 0.25) is 0 Å². The van der Waals surface area contributed by atoms with Crippen LogP contribution in [0.25, 0.3) is 0 Å². The number of rotatable bonds is 1. The second kappa shape index (κ2) is 3.27. The lowest BCUT2D eigenvalue weighted by Crippen LogP contribution is -2.35. The van der Waals surface area contributed by atoms with Crippen molar-refractivity contribution in [1.82, 2.24) is 5.32 Å². The lowest BCUT2D eigenvalue weighted by Gasteiger charge is -2.28. The van der Waals surface area contributed by atoms with Crippen molar-refractivity contribution in [2.24, 2.45) is 0 Å². The van der Waals surface area contributed by atoms with Crippen LogP contribution in [0, 0.1) is 5.82 Å². The van der Waals surface area contributed by atoms with Crippen molar-refractivity contribution in [1.29, 1.82) is 0 Å². The zero-order valence-electron chi connectivity index (χ0n) is 6.85. The highest BCUT2D eigenvalue weighted by atomic mass is 79.9. The molecule has 1 aromatic rings. The Labute approximate surface area is 83.9 Å². The Balaban J connectivity index is 2.42. The molecule has 0 saturated carbocycles. The second-order valence-electron chi connectivity index (χ2n) is 3.12. The zero-order chi connectivity index (χ0) is 9.42. The van der Waals surface area contributed by atoms with Gasteiger partial charge in [0.25, 0.3) is 0 Å². The number of hydrogen-bond acceptors (Lipinski definition) is 2. The van der Waals surface area contributed by atoms with Crippen LogP contribution < -0.4 is 5.32 Å². The molecule has 0 aromatic heterocycles. The molecule has 2 nitrogen and oxygen atoms in total. The Bertz CT molecular complexity index is 339. The van der Waals surface area contributed by atoms with Crippen molar-refractivity contribution in [3.8, 4) is 5.75 Å². The van der Waals surface area contributed by atoms with E-state index in [9.17, 15) is 9.50 Å². The molecular weight excluding hydrogens is 237 g/mol. The Morgan fingerprint density at radius 1 is 1.54 bits per heavy atom. The van der Waals surface area contributed by atoms with Crippen LogP contribution in [0.5, 0.6) is 5.75 Å². The summed E-state index contributed by atoms with van der Waals surface area (Å²) in [6.07, 6.45) is 0.948. The van der Waals surface area contributed by atoms with Gasteiger partial charge in [-0.05, 0) is 41.0 Å². The van der Waals surface area contributed by atoms with Crippen LogP contribution in [0.3, 0.4) is 0 Å². The van der Waals surface area contributed by atoms with E-state index in [2.05, 4.69) is 21.2 Å². The van der Waals surface area contributed by atoms with Gasteiger partial charge >= 0.3 is 0 Å². The third kappa shape index (κ3) is 1.56. The van der Waals surface area contributed by atoms with Gasteiger partial charge in [0, 0.05) is 11.6 Å². The summed E-state index contributed by atoms with van der Waals surface area (Å²) < 4.78 is 13.4. The summed E-state index contributed by atoms with van der Waals surface area (Å²) in [6.45, 7) is 0.929. The van der Waals surface area contributed by atoms with Crippen molar-refractivity contribution in [3.05, 3.63) is 28.0 Å². The van der Waals surface area contributed by atoms with Crippen LogP contribution in [0.15, 0.2) is 16.6 Å². The predicted octanol–water partition coefficient (Wildman–Crippen LogP) is 2.33. The molecule has 13 heavy (non-hydrogen) atoms. The summed E-state index contributed by atoms with van der Waals surface area (Å²) >= 11 is 3.10. The minimum Gasteiger partial charge on any atom is -0.506 e. The second-order valence-corrected chi connectivity index (χ2v) is 3.98. The van der Waals surface area contributed by atoms with E-state index in [0.717, 1.165) is 13.0 Å². The van der Waals surface area contributed by atoms with E-state index in [1.807, 2.05) is 0 Å². The van der Waals surface area contributed by atoms with Crippen LogP contribution in [0.4, 0.5) is 4.39 Å². The standard InChI is InChI=1S/C9H9BrFNO/c10-7-4-5(11)3-6(9(7)13)8-1-2-12-8/h3-4,8,12-13H,1-2H2/t8-/m1/s1. The minimum atomic E-state index is -0.326. The molecule has 0 unspecified atom stereocenters. The van der Waals surface area contributed by atoms with Gasteiger partial charge in [-0.25, -0.2) is 4.39 Å². The maximum atomic E-state index is 13.0. The SMILES string of the molecule is Oc1c(Br)cc(F)cc1[C@H]1CCN1. The molecule has 1 aliphatic heterocycles. The summed E-state index contributed by atoms with van der Waals surface area (Å²) in [6, 6.07) is 2.74. The van der Waals surface area contributed by atoms with E-state index in [4.69, 9.17) is 0 Å². The van der Waals surface area contributed by atoms with E-state index >= 15 is 0 Å². The average Bonchev–Trinajstić information content (AvgIpc) is 1.95. The molecule has 70 valence electrons. The van der Waals surface area contributed by atoms with Gasteiger partial charge in [0.15, 0.2) is 0 Å². The monoisotopic (exact) mass is 245 g/mol. The van der Waals surface area contributed by atoms with Gasteiger partial charge in [-0.1, -0.05) is 0 Å². The molecule has 1 aliphatic rings. The molecule has 1 aromatic carbocycles. The molecule has 4 heteroatoms. The summed E-state index contributed by atoms with van der Waals surface area (Å²) in [7, 11) is 0. The molecular formula is C9H9BrFNO. The summed E-state index contributed by atoms with van der Waals surface area (Å²) in [5, 5.41) is 12.7.